The Balaban J connectivity index is 4.01. The second kappa shape index (κ2) is 40.1. The summed E-state index contributed by atoms with van der Waals surface area (Å²) >= 11 is 7.01. The van der Waals surface area contributed by atoms with Crippen molar-refractivity contribution >= 4 is 31.9 Å². The molecule has 0 amide bonds. The second-order valence-corrected chi connectivity index (χ2v) is 13.9. The number of allylic oxidation sites excluding steroid dienone is 2. The van der Waals surface area contributed by atoms with E-state index in [-0.39, 0.29) is 25.8 Å². The molecule has 45 heavy (non-hydrogen) atoms. The van der Waals surface area contributed by atoms with E-state index in [0.717, 1.165) is 49.2 Å². The summed E-state index contributed by atoms with van der Waals surface area (Å²) in [6.45, 7) is 6.26. The van der Waals surface area contributed by atoms with Gasteiger partial charge in [-0.1, -0.05) is 123 Å². The second-order valence-electron chi connectivity index (χ2n) is 12.3. The quantitative estimate of drug-likeness (QED) is 0.0271. The first kappa shape index (κ1) is 44.9. The van der Waals surface area contributed by atoms with Crippen molar-refractivity contribution in [3.63, 3.8) is 0 Å². The molecule has 0 fully saturated rings. The van der Waals surface area contributed by atoms with Gasteiger partial charge in [0.05, 0.1) is 37.9 Å². The summed E-state index contributed by atoms with van der Waals surface area (Å²) in [7, 11) is 0. The number of halogens is 2. The third-order valence-electron chi connectivity index (χ3n) is 8.00. The molecule has 0 aromatic heterocycles. The van der Waals surface area contributed by atoms with Crippen molar-refractivity contribution in [2.45, 2.75) is 180 Å². The van der Waals surface area contributed by atoms with E-state index in [1.807, 2.05) is 12.5 Å². The molecule has 0 saturated heterocycles. The smallest absolute Gasteiger partial charge is 0.149 e. The van der Waals surface area contributed by atoms with Crippen LogP contribution in [0.25, 0.3) is 0 Å². The van der Waals surface area contributed by atoms with Gasteiger partial charge >= 0.3 is 0 Å². The van der Waals surface area contributed by atoms with Gasteiger partial charge in [0.1, 0.15) is 13.6 Å². The average Bonchev–Trinajstić information content (AvgIpc) is 3.05. The lowest BCUT2D eigenvalue weighted by Crippen LogP contribution is -2.16. The summed E-state index contributed by atoms with van der Waals surface area (Å²) in [6.07, 6.45) is 37.9. The number of hydrogen-bond donors (Lipinski definition) is 0. The van der Waals surface area contributed by atoms with Crippen molar-refractivity contribution in [3.8, 4) is 0 Å². The van der Waals surface area contributed by atoms with Crippen LogP contribution in [0.1, 0.15) is 168 Å². The van der Waals surface area contributed by atoms with Crippen LogP contribution in [0.15, 0.2) is 24.7 Å². The molecule has 0 radical (unpaired) electrons. The fraction of sp³-hybridized carbons (Fsp3) is 0.895. The van der Waals surface area contributed by atoms with Gasteiger partial charge in [-0.3, -0.25) is 0 Å². The SMILES string of the molecule is CCCCCC(CCOCOCOCCC(CCCCC)OC=CCCCCCCCCBr)OC=CCCCCCCCCBr. The Morgan fingerprint density at radius 3 is 1.24 bits per heavy atom. The van der Waals surface area contributed by atoms with Crippen LogP contribution in [-0.4, -0.2) is 49.7 Å². The first-order valence-electron chi connectivity index (χ1n) is 18.7. The molecular weight excluding hydrogens is 696 g/mol. The number of unbranched alkanes of at least 4 members (excludes halogenated alkanes) is 16. The molecule has 7 heteroatoms. The van der Waals surface area contributed by atoms with Gasteiger partial charge in [0.2, 0.25) is 0 Å². The van der Waals surface area contributed by atoms with Crippen molar-refractivity contribution in [1.82, 2.24) is 0 Å². The summed E-state index contributed by atoms with van der Waals surface area (Å²) < 4.78 is 29.2. The van der Waals surface area contributed by atoms with Gasteiger partial charge < -0.3 is 23.7 Å². The molecule has 268 valence electrons. The topological polar surface area (TPSA) is 46.2 Å². The Labute approximate surface area is 296 Å². The third kappa shape index (κ3) is 36.6. The Bertz CT molecular complexity index is 555. The van der Waals surface area contributed by atoms with Crippen LogP contribution in [-0.2, 0) is 23.7 Å². The van der Waals surface area contributed by atoms with Gasteiger partial charge in [0, 0.05) is 23.5 Å². The highest BCUT2D eigenvalue weighted by Gasteiger charge is 2.09. The van der Waals surface area contributed by atoms with Crippen LogP contribution in [0, 0.1) is 0 Å². The number of alkyl halides is 2. The zero-order valence-electron chi connectivity index (χ0n) is 29.5. The summed E-state index contributed by atoms with van der Waals surface area (Å²) in [5.41, 5.74) is 0. The number of hydrogen-bond acceptors (Lipinski definition) is 5. The Morgan fingerprint density at radius 2 is 0.844 bits per heavy atom. The van der Waals surface area contributed by atoms with Crippen LogP contribution < -0.4 is 0 Å². The zero-order valence-corrected chi connectivity index (χ0v) is 32.6. The predicted octanol–water partition coefficient (Wildman–Crippen LogP) is 12.9. The fourth-order valence-corrected chi connectivity index (χ4v) is 5.89. The average molecular weight is 769 g/mol. The molecule has 0 aromatic carbocycles. The van der Waals surface area contributed by atoms with Crippen molar-refractivity contribution in [2.24, 2.45) is 0 Å². The normalized spacial score (nSPS) is 13.2. The van der Waals surface area contributed by atoms with Crippen molar-refractivity contribution in [3.05, 3.63) is 24.7 Å². The van der Waals surface area contributed by atoms with Gasteiger partial charge in [-0.25, -0.2) is 0 Å². The van der Waals surface area contributed by atoms with Crippen molar-refractivity contribution in [2.75, 3.05) is 37.5 Å². The fourth-order valence-electron chi connectivity index (χ4n) is 5.10. The standard InChI is InChI=1S/C38H72Br2O5/c1-3-5-19-25-37(44-31-23-17-13-9-7-11-15-21-29-39)27-33-41-35-43-36-42-34-28-38(26-20-6-4-2)45-32-24-18-14-10-8-12-16-22-30-40/h23-24,31-32,37-38H,3-22,25-30,33-36H2,1-2H3. The lowest BCUT2D eigenvalue weighted by molar-refractivity contribution is -0.136. The van der Waals surface area contributed by atoms with Crippen LogP contribution in [0.4, 0.5) is 0 Å². The van der Waals surface area contributed by atoms with E-state index in [9.17, 15) is 0 Å². The molecular formula is C38H72Br2O5. The first-order chi connectivity index (χ1) is 22.3. The molecule has 0 aliphatic carbocycles. The predicted molar refractivity (Wildman–Crippen MR) is 200 cm³/mol. The summed E-state index contributed by atoms with van der Waals surface area (Å²) in [5.74, 6) is 0. The highest BCUT2D eigenvalue weighted by atomic mass is 79.9. The molecule has 0 rings (SSSR count). The highest BCUT2D eigenvalue weighted by molar-refractivity contribution is 9.09. The third-order valence-corrected chi connectivity index (χ3v) is 9.13. The van der Waals surface area contributed by atoms with Crippen molar-refractivity contribution < 1.29 is 23.7 Å². The molecule has 0 N–H and O–H groups in total. The maximum atomic E-state index is 6.08. The zero-order chi connectivity index (χ0) is 32.7. The molecule has 0 aliphatic rings. The maximum absolute atomic E-state index is 6.08. The van der Waals surface area contributed by atoms with Crippen LogP contribution in [0.2, 0.25) is 0 Å². The van der Waals surface area contributed by atoms with Gasteiger partial charge in [0.15, 0.2) is 0 Å². The van der Waals surface area contributed by atoms with Crippen LogP contribution in [0.5, 0.6) is 0 Å². The minimum atomic E-state index is 0.209. The van der Waals surface area contributed by atoms with E-state index in [1.165, 1.54) is 116 Å². The molecule has 0 bridgehead atoms. The monoisotopic (exact) mass is 766 g/mol. The Kier molecular flexibility index (Phi) is 40.0. The Hall–Kier alpha value is -0.0800. The molecule has 5 nitrogen and oxygen atoms in total. The molecule has 2 unspecified atom stereocenters. The van der Waals surface area contributed by atoms with Gasteiger partial charge in [-0.15, -0.1) is 0 Å². The van der Waals surface area contributed by atoms with E-state index in [2.05, 4.69) is 57.9 Å². The van der Waals surface area contributed by atoms with Crippen molar-refractivity contribution in [1.29, 1.82) is 0 Å². The molecule has 0 saturated carbocycles. The summed E-state index contributed by atoms with van der Waals surface area (Å²) in [6, 6.07) is 0. The maximum Gasteiger partial charge on any atom is 0.149 e. The van der Waals surface area contributed by atoms with E-state index < -0.39 is 0 Å². The van der Waals surface area contributed by atoms with Crippen LogP contribution in [0.3, 0.4) is 0 Å². The summed E-state index contributed by atoms with van der Waals surface area (Å²) in [5, 5.41) is 2.26. The largest absolute Gasteiger partial charge is 0.498 e. The molecule has 0 aliphatic heterocycles. The molecule has 2 atom stereocenters. The van der Waals surface area contributed by atoms with Gasteiger partial charge in [0.25, 0.3) is 0 Å². The van der Waals surface area contributed by atoms with Gasteiger partial charge in [-0.05, 0) is 76.4 Å². The first-order valence-corrected chi connectivity index (χ1v) is 21.0. The van der Waals surface area contributed by atoms with E-state index in [0.29, 0.717) is 13.2 Å². The molecule has 0 aromatic rings. The lowest BCUT2D eigenvalue weighted by Gasteiger charge is -2.17. The molecule has 0 spiro atoms. The molecule has 0 heterocycles. The minimum Gasteiger partial charge on any atom is -0.498 e. The minimum absolute atomic E-state index is 0.209. The van der Waals surface area contributed by atoms with Gasteiger partial charge in [-0.2, -0.15) is 0 Å². The number of ether oxygens (including phenoxy) is 5. The lowest BCUT2D eigenvalue weighted by atomic mass is 10.1. The number of rotatable bonds is 38. The van der Waals surface area contributed by atoms with Crippen LogP contribution >= 0.6 is 31.9 Å². The van der Waals surface area contributed by atoms with E-state index in [1.54, 1.807) is 0 Å². The van der Waals surface area contributed by atoms with E-state index in [4.69, 9.17) is 23.7 Å². The van der Waals surface area contributed by atoms with E-state index >= 15 is 0 Å². The highest BCUT2D eigenvalue weighted by Crippen LogP contribution is 2.14. The summed E-state index contributed by atoms with van der Waals surface area (Å²) in [4.78, 5) is 0. The Morgan fingerprint density at radius 1 is 0.444 bits per heavy atom.